The number of hydrogen-bond acceptors (Lipinski definition) is 4. The van der Waals surface area contributed by atoms with Crippen LogP contribution in [-0.2, 0) is 4.79 Å². The van der Waals surface area contributed by atoms with Gasteiger partial charge in [-0.15, -0.1) is 0 Å². The molecular formula is C19H29N3O3. The van der Waals surface area contributed by atoms with Gasteiger partial charge >= 0.3 is 0 Å². The highest BCUT2D eigenvalue weighted by molar-refractivity contribution is 5.96. The summed E-state index contributed by atoms with van der Waals surface area (Å²) in [7, 11) is 0. The molecule has 2 rings (SSSR count). The summed E-state index contributed by atoms with van der Waals surface area (Å²) in [6.45, 7) is 8.63. The van der Waals surface area contributed by atoms with E-state index < -0.39 is 0 Å². The summed E-state index contributed by atoms with van der Waals surface area (Å²) in [6, 6.07) is 7.70. The van der Waals surface area contributed by atoms with E-state index in [0.717, 1.165) is 13.1 Å². The highest BCUT2D eigenvalue weighted by Gasteiger charge is 2.27. The molecule has 6 heteroatoms. The number of para-hydroxylation sites is 1. The molecule has 1 fully saturated rings. The van der Waals surface area contributed by atoms with Gasteiger partial charge in [0.15, 0.2) is 0 Å². The van der Waals surface area contributed by atoms with Crippen molar-refractivity contribution in [3.8, 4) is 5.75 Å². The van der Waals surface area contributed by atoms with Gasteiger partial charge in [-0.25, -0.2) is 0 Å². The SMILES string of the molecule is CCOc1ccccc1C(=O)NCCCC(=O)N1CCNC(C)C1C. The van der Waals surface area contributed by atoms with Crippen molar-refractivity contribution in [1.29, 1.82) is 0 Å². The monoisotopic (exact) mass is 347 g/mol. The number of piperazine rings is 1. The smallest absolute Gasteiger partial charge is 0.255 e. The summed E-state index contributed by atoms with van der Waals surface area (Å²) in [5.74, 6) is 0.577. The minimum atomic E-state index is -0.166. The molecule has 2 amide bonds. The fourth-order valence-electron chi connectivity index (χ4n) is 3.02. The second-order valence-electron chi connectivity index (χ2n) is 6.36. The molecule has 2 atom stereocenters. The molecule has 6 nitrogen and oxygen atoms in total. The zero-order valence-corrected chi connectivity index (χ0v) is 15.4. The Balaban J connectivity index is 1.77. The van der Waals surface area contributed by atoms with Crippen LogP contribution in [0.4, 0.5) is 0 Å². The number of benzene rings is 1. The van der Waals surface area contributed by atoms with Crippen molar-refractivity contribution in [2.75, 3.05) is 26.2 Å². The van der Waals surface area contributed by atoms with Gasteiger partial charge in [-0.05, 0) is 39.3 Å². The molecule has 1 aliphatic heterocycles. The maximum atomic E-state index is 12.4. The Bertz CT molecular complexity index is 591. The molecule has 2 N–H and O–H groups in total. The molecule has 1 aromatic carbocycles. The fourth-order valence-corrected chi connectivity index (χ4v) is 3.02. The van der Waals surface area contributed by atoms with E-state index in [0.29, 0.717) is 43.3 Å². The standard InChI is InChI=1S/C19H29N3O3/c1-4-25-17-9-6-5-8-16(17)19(24)21-11-7-10-18(23)22-13-12-20-14(2)15(22)3/h5-6,8-9,14-15,20H,4,7,10-13H2,1-3H3,(H,21,24). The molecule has 1 aromatic rings. The van der Waals surface area contributed by atoms with E-state index in [1.165, 1.54) is 0 Å². The van der Waals surface area contributed by atoms with Crippen molar-refractivity contribution in [2.45, 2.75) is 45.7 Å². The zero-order chi connectivity index (χ0) is 18.2. The topological polar surface area (TPSA) is 70.7 Å². The number of nitrogens with zero attached hydrogens (tertiary/aromatic N) is 1. The van der Waals surface area contributed by atoms with Gasteiger partial charge in [0, 0.05) is 38.1 Å². The molecule has 1 aliphatic rings. The average molecular weight is 347 g/mol. The van der Waals surface area contributed by atoms with Crippen LogP contribution in [0, 0.1) is 0 Å². The van der Waals surface area contributed by atoms with Crippen molar-refractivity contribution in [2.24, 2.45) is 0 Å². The average Bonchev–Trinajstić information content (AvgIpc) is 2.61. The molecule has 2 unspecified atom stereocenters. The molecule has 0 aliphatic carbocycles. The van der Waals surface area contributed by atoms with Gasteiger partial charge in [0.2, 0.25) is 5.91 Å². The van der Waals surface area contributed by atoms with E-state index in [1.54, 1.807) is 12.1 Å². The normalized spacial score (nSPS) is 20.2. The van der Waals surface area contributed by atoms with Gasteiger partial charge in [0.1, 0.15) is 5.75 Å². The lowest BCUT2D eigenvalue weighted by atomic mass is 10.1. The second kappa shape index (κ2) is 9.42. The molecule has 0 spiro atoms. The van der Waals surface area contributed by atoms with Crippen LogP contribution >= 0.6 is 0 Å². The molecular weight excluding hydrogens is 318 g/mol. The van der Waals surface area contributed by atoms with Gasteiger partial charge in [-0.2, -0.15) is 0 Å². The van der Waals surface area contributed by atoms with Gasteiger partial charge in [-0.3, -0.25) is 9.59 Å². The summed E-state index contributed by atoms with van der Waals surface area (Å²) >= 11 is 0. The van der Waals surface area contributed by atoms with Crippen LogP contribution in [0.1, 0.15) is 44.0 Å². The number of carbonyl (C=O) groups excluding carboxylic acids is 2. The lowest BCUT2D eigenvalue weighted by molar-refractivity contribution is -0.134. The van der Waals surface area contributed by atoms with Crippen LogP contribution in [0.15, 0.2) is 24.3 Å². The van der Waals surface area contributed by atoms with Crippen molar-refractivity contribution in [3.05, 3.63) is 29.8 Å². The van der Waals surface area contributed by atoms with Gasteiger partial charge in [0.05, 0.1) is 12.2 Å². The van der Waals surface area contributed by atoms with Crippen LogP contribution in [0.3, 0.4) is 0 Å². The number of amides is 2. The van der Waals surface area contributed by atoms with Crippen LogP contribution in [0.2, 0.25) is 0 Å². The van der Waals surface area contributed by atoms with E-state index in [-0.39, 0.29) is 17.9 Å². The Morgan fingerprint density at radius 1 is 1.32 bits per heavy atom. The molecule has 0 radical (unpaired) electrons. The molecule has 25 heavy (non-hydrogen) atoms. The second-order valence-corrected chi connectivity index (χ2v) is 6.36. The maximum Gasteiger partial charge on any atom is 0.255 e. The summed E-state index contributed by atoms with van der Waals surface area (Å²) in [5.41, 5.74) is 0.528. The van der Waals surface area contributed by atoms with E-state index in [2.05, 4.69) is 24.5 Å². The van der Waals surface area contributed by atoms with Crippen LogP contribution in [0.25, 0.3) is 0 Å². The minimum Gasteiger partial charge on any atom is -0.493 e. The van der Waals surface area contributed by atoms with Crippen LogP contribution in [-0.4, -0.2) is 55.0 Å². The number of hydrogen-bond donors (Lipinski definition) is 2. The first kappa shape index (κ1) is 19.2. The van der Waals surface area contributed by atoms with E-state index >= 15 is 0 Å². The highest BCUT2D eigenvalue weighted by atomic mass is 16.5. The number of rotatable bonds is 7. The third kappa shape index (κ3) is 5.19. The van der Waals surface area contributed by atoms with Crippen LogP contribution in [0.5, 0.6) is 5.75 Å². The summed E-state index contributed by atoms with van der Waals surface area (Å²) < 4.78 is 5.48. The van der Waals surface area contributed by atoms with Crippen LogP contribution < -0.4 is 15.4 Å². The molecule has 0 bridgehead atoms. The third-order valence-corrected chi connectivity index (χ3v) is 4.64. The number of nitrogens with one attached hydrogen (secondary N) is 2. The first-order valence-corrected chi connectivity index (χ1v) is 9.07. The first-order valence-electron chi connectivity index (χ1n) is 9.07. The molecule has 0 saturated carbocycles. The lowest BCUT2D eigenvalue weighted by Crippen LogP contribution is -2.57. The summed E-state index contributed by atoms with van der Waals surface area (Å²) in [6.07, 6.45) is 1.08. The Morgan fingerprint density at radius 2 is 2.08 bits per heavy atom. The van der Waals surface area contributed by atoms with E-state index in [9.17, 15) is 9.59 Å². The highest BCUT2D eigenvalue weighted by Crippen LogP contribution is 2.17. The predicted octanol–water partition coefficient (Wildman–Crippen LogP) is 1.80. The zero-order valence-electron chi connectivity index (χ0n) is 15.4. The van der Waals surface area contributed by atoms with Gasteiger partial charge < -0.3 is 20.3 Å². The molecule has 138 valence electrons. The minimum absolute atomic E-state index is 0.157. The summed E-state index contributed by atoms with van der Waals surface area (Å²) in [4.78, 5) is 26.6. The maximum absolute atomic E-state index is 12.4. The fraction of sp³-hybridized carbons (Fsp3) is 0.579. The van der Waals surface area contributed by atoms with Crippen molar-refractivity contribution >= 4 is 11.8 Å². The van der Waals surface area contributed by atoms with Crippen molar-refractivity contribution in [1.82, 2.24) is 15.5 Å². The molecule has 1 saturated heterocycles. The lowest BCUT2D eigenvalue weighted by Gasteiger charge is -2.38. The Labute approximate surface area is 149 Å². The van der Waals surface area contributed by atoms with Gasteiger partial charge in [0.25, 0.3) is 5.91 Å². The molecule has 0 aromatic heterocycles. The number of ether oxygens (including phenoxy) is 1. The first-order chi connectivity index (χ1) is 12.0. The summed E-state index contributed by atoms with van der Waals surface area (Å²) in [5, 5.41) is 6.24. The predicted molar refractivity (Wildman–Crippen MR) is 97.8 cm³/mol. The third-order valence-electron chi connectivity index (χ3n) is 4.64. The Morgan fingerprint density at radius 3 is 2.84 bits per heavy atom. The quantitative estimate of drug-likeness (QED) is 0.738. The number of carbonyl (C=O) groups is 2. The molecule has 1 heterocycles. The largest absolute Gasteiger partial charge is 0.493 e. The Kier molecular flexibility index (Phi) is 7.25. The van der Waals surface area contributed by atoms with Crippen molar-refractivity contribution < 1.29 is 14.3 Å². The Hall–Kier alpha value is -2.08. The van der Waals surface area contributed by atoms with E-state index in [1.807, 2.05) is 24.0 Å². The van der Waals surface area contributed by atoms with Gasteiger partial charge in [-0.1, -0.05) is 12.1 Å². The van der Waals surface area contributed by atoms with Crippen molar-refractivity contribution in [3.63, 3.8) is 0 Å². The van der Waals surface area contributed by atoms with E-state index in [4.69, 9.17) is 4.74 Å².